The average Bonchev–Trinajstić information content (AvgIpc) is 3.08. The molecule has 1 aliphatic rings. The molecule has 3 rings (SSSR count). The Balaban J connectivity index is 1.59. The van der Waals surface area contributed by atoms with Crippen molar-refractivity contribution in [3.63, 3.8) is 0 Å². The highest BCUT2D eigenvalue weighted by Crippen LogP contribution is 2.30. The smallest absolute Gasteiger partial charge is 0.226 e. The predicted octanol–water partition coefficient (Wildman–Crippen LogP) is 2.64. The minimum atomic E-state index is -0.0440. The monoisotopic (exact) mass is 344 g/mol. The molecular formula is C18H24N4O3. The number of carbonyl (C=O) groups excluding carboxylic acids is 1. The summed E-state index contributed by atoms with van der Waals surface area (Å²) in [5, 5.41) is 7.11. The summed E-state index contributed by atoms with van der Waals surface area (Å²) in [5.74, 6) is 2.87. The van der Waals surface area contributed by atoms with Crippen LogP contribution in [0.4, 0.5) is 0 Å². The first-order valence-corrected chi connectivity index (χ1v) is 8.63. The normalized spacial score (nSPS) is 17.4. The van der Waals surface area contributed by atoms with Crippen LogP contribution in [0.5, 0.6) is 11.5 Å². The third-order valence-electron chi connectivity index (χ3n) is 4.38. The van der Waals surface area contributed by atoms with Gasteiger partial charge >= 0.3 is 0 Å². The van der Waals surface area contributed by atoms with Crippen molar-refractivity contribution in [1.82, 2.24) is 20.1 Å². The number of ether oxygens (including phenoxy) is 2. The second-order valence-electron chi connectivity index (χ2n) is 6.13. The highest BCUT2D eigenvalue weighted by Gasteiger charge is 2.30. The Hall–Kier alpha value is -2.57. The number of aromatic nitrogens is 3. The second kappa shape index (κ2) is 8.00. The third-order valence-corrected chi connectivity index (χ3v) is 4.38. The van der Waals surface area contributed by atoms with Gasteiger partial charge in [-0.3, -0.25) is 9.89 Å². The molecule has 1 aliphatic heterocycles. The first kappa shape index (κ1) is 17.3. The zero-order valence-corrected chi connectivity index (χ0v) is 14.7. The Morgan fingerprint density at radius 1 is 1.32 bits per heavy atom. The number of amides is 1. The van der Waals surface area contributed by atoms with Crippen LogP contribution in [0.15, 0.2) is 24.3 Å². The number of carbonyl (C=O) groups is 1. The molecule has 25 heavy (non-hydrogen) atoms. The van der Waals surface area contributed by atoms with Gasteiger partial charge in [0.15, 0.2) is 17.3 Å². The molecule has 1 N–H and O–H groups in total. The summed E-state index contributed by atoms with van der Waals surface area (Å²) in [6.07, 6.45) is 3.31. The van der Waals surface area contributed by atoms with Gasteiger partial charge in [0.2, 0.25) is 5.91 Å². The molecular weight excluding hydrogens is 320 g/mol. The van der Waals surface area contributed by atoms with E-state index in [4.69, 9.17) is 9.47 Å². The largest absolute Gasteiger partial charge is 0.493 e. The standard InChI is InChI=1S/C18H24N4O3/c1-13-19-18(21-20-13)14-7-5-6-11-22(14)17(23)10-12-25-16-9-4-3-8-15(16)24-2/h3-4,8-9,14H,5-7,10-12H2,1-2H3,(H,19,20,21)/t14-/m0/s1. The van der Waals surface area contributed by atoms with Crippen LogP contribution in [0, 0.1) is 6.92 Å². The fourth-order valence-corrected chi connectivity index (χ4v) is 3.14. The molecule has 0 bridgehead atoms. The van der Waals surface area contributed by atoms with E-state index in [2.05, 4.69) is 15.2 Å². The minimum Gasteiger partial charge on any atom is -0.493 e. The Morgan fingerprint density at radius 3 is 2.84 bits per heavy atom. The van der Waals surface area contributed by atoms with E-state index in [9.17, 15) is 4.79 Å². The second-order valence-corrected chi connectivity index (χ2v) is 6.13. The Labute approximate surface area is 147 Å². The van der Waals surface area contributed by atoms with Crippen LogP contribution in [0.2, 0.25) is 0 Å². The lowest BCUT2D eigenvalue weighted by molar-refractivity contribution is -0.135. The summed E-state index contributed by atoms with van der Waals surface area (Å²) < 4.78 is 11.0. The summed E-state index contributed by atoms with van der Waals surface area (Å²) in [5.41, 5.74) is 0. The molecule has 1 amide bonds. The predicted molar refractivity (Wildman–Crippen MR) is 92.5 cm³/mol. The molecule has 0 spiro atoms. The number of para-hydroxylation sites is 2. The van der Waals surface area contributed by atoms with Crippen LogP contribution in [0.1, 0.15) is 43.4 Å². The van der Waals surface area contributed by atoms with Gasteiger partial charge in [-0.2, -0.15) is 5.10 Å². The molecule has 0 aliphatic carbocycles. The van der Waals surface area contributed by atoms with Crippen molar-refractivity contribution in [3.8, 4) is 11.5 Å². The van der Waals surface area contributed by atoms with Gasteiger partial charge in [0.05, 0.1) is 26.2 Å². The lowest BCUT2D eigenvalue weighted by atomic mass is 10.0. The van der Waals surface area contributed by atoms with E-state index >= 15 is 0 Å². The molecule has 1 aromatic heterocycles. The number of H-pyrrole nitrogens is 1. The van der Waals surface area contributed by atoms with Crippen molar-refractivity contribution in [2.24, 2.45) is 0 Å². The topological polar surface area (TPSA) is 80.3 Å². The number of rotatable bonds is 6. The Morgan fingerprint density at radius 2 is 2.12 bits per heavy atom. The highest BCUT2D eigenvalue weighted by molar-refractivity contribution is 5.76. The SMILES string of the molecule is COc1ccccc1OCCC(=O)N1CCCC[C@H]1c1n[nH]c(C)n1. The maximum Gasteiger partial charge on any atom is 0.226 e. The molecule has 0 unspecified atom stereocenters. The van der Waals surface area contributed by atoms with Gasteiger partial charge in [-0.25, -0.2) is 4.98 Å². The molecule has 1 aromatic carbocycles. The maximum atomic E-state index is 12.7. The molecule has 7 heteroatoms. The van der Waals surface area contributed by atoms with Gasteiger partial charge in [-0.1, -0.05) is 12.1 Å². The number of aromatic amines is 1. The van der Waals surface area contributed by atoms with Crippen LogP contribution in [-0.4, -0.2) is 46.2 Å². The zero-order chi connectivity index (χ0) is 17.6. The molecule has 2 aromatic rings. The van der Waals surface area contributed by atoms with Crippen molar-refractivity contribution < 1.29 is 14.3 Å². The Kier molecular flexibility index (Phi) is 5.53. The zero-order valence-electron chi connectivity index (χ0n) is 14.7. The fraction of sp³-hybridized carbons (Fsp3) is 0.500. The quantitative estimate of drug-likeness (QED) is 0.871. The van der Waals surface area contributed by atoms with Gasteiger partial charge in [-0.15, -0.1) is 0 Å². The number of likely N-dealkylation sites (tertiary alicyclic amines) is 1. The van der Waals surface area contributed by atoms with Crippen LogP contribution in [0.25, 0.3) is 0 Å². The van der Waals surface area contributed by atoms with Crippen molar-refractivity contribution in [1.29, 1.82) is 0 Å². The molecule has 1 atom stereocenters. The van der Waals surface area contributed by atoms with Gasteiger partial charge in [-0.05, 0) is 38.3 Å². The molecule has 134 valence electrons. The van der Waals surface area contributed by atoms with E-state index in [1.54, 1.807) is 7.11 Å². The number of aryl methyl sites for hydroxylation is 1. The van der Waals surface area contributed by atoms with Gasteiger partial charge < -0.3 is 14.4 Å². The number of nitrogens with zero attached hydrogens (tertiary/aromatic N) is 3. The van der Waals surface area contributed by atoms with E-state index in [-0.39, 0.29) is 11.9 Å². The summed E-state index contributed by atoms with van der Waals surface area (Å²) in [6.45, 7) is 2.92. The lowest BCUT2D eigenvalue weighted by Crippen LogP contribution is -2.39. The third kappa shape index (κ3) is 4.10. The highest BCUT2D eigenvalue weighted by atomic mass is 16.5. The van der Waals surface area contributed by atoms with Gasteiger partial charge in [0, 0.05) is 6.54 Å². The van der Waals surface area contributed by atoms with Crippen molar-refractivity contribution in [3.05, 3.63) is 35.9 Å². The van der Waals surface area contributed by atoms with Crippen molar-refractivity contribution in [2.45, 2.75) is 38.6 Å². The average molecular weight is 344 g/mol. The summed E-state index contributed by atoms with van der Waals surface area (Å²) in [7, 11) is 1.60. The minimum absolute atomic E-state index is 0.0440. The van der Waals surface area contributed by atoms with Gasteiger partial charge in [0.25, 0.3) is 0 Å². The van der Waals surface area contributed by atoms with Crippen LogP contribution >= 0.6 is 0 Å². The Bertz CT molecular complexity index is 716. The molecule has 7 nitrogen and oxygen atoms in total. The van der Waals surface area contributed by atoms with E-state index < -0.39 is 0 Å². The van der Waals surface area contributed by atoms with Crippen molar-refractivity contribution >= 4 is 5.91 Å². The van der Waals surface area contributed by atoms with E-state index in [0.717, 1.165) is 31.6 Å². The molecule has 1 fully saturated rings. The first-order chi connectivity index (χ1) is 12.2. The van der Waals surface area contributed by atoms with E-state index in [0.29, 0.717) is 30.4 Å². The van der Waals surface area contributed by atoms with Gasteiger partial charge in [0.1, 0.15) is 5.82 Å². The van der Waals surface area contributed by atoms with Crippen LogP contribution < -0.4 is 9.47 Å². The lowest BCUT2D eigenvalue weighted by Gasteiger charge is -2.34. The molecule has 1 saturated heterocycles. The number of nitrogens with one attached hydrogen (secondary N) is 1. The fourth-order valence-electron chi connectivity index (χ4n) is 3.14. The maximum absolute atomic E-state index is 12.7. The number of hydrogen-bond donors (Lipinski definition) is 1. The summed E-state index contributed by atoms with van der Waals surface area (Å²) in [6, 6.07) is 7.39. The number of hydrogen-bond acceptors (Lipinski definition) is 5. The summed E-state index contributed by atoms with van der Waals surface area (Å²) in [4.78, 5) is 19.0. The first-order valence-electron chi connectivity index (χ1n) is 8.63. The number of benzene rings is 1. The molecule has 0 saturated carbocycles. The van der Waals surface area contributed by atoms with Crippen LogP contribution in [0.3, 0.4) is 0 Å². The number of piperidine rings is 1. The number of methoxy groups -OCH3 is 1. The molecule has 0 radical (unpaired) electrons. The van der Waals surface area contributed by atoms with Crippen molar-refractivity contribution in [2.75, 3.05) is 20.3 Å². The summed E-state index contributed by atoms with van der Waals surface area (Å²) >= 11 is 0. The van der Waals surface area contributed by atoms with E-state index in [1.165, 1.54) is 0 Å². The van der Waals surface area contributed by atoms with E-state index in [1.807, 2.05) is 36.1 Å². The van der Waals surface area contributed by atoms with Crippen LogP contribution in [-0.2, 0) is 4.79 Å². The molecule has 2 heterocycles.